The predicted molar refractivity (Wildman–Crippen MR) is 68.3 cm³/mol. The van der Waals surface area contributed by atoms with Gasteiger partial charge in [-0.05, 0) is 18.2 Å². The normalized spacial score (nSPS) is 21.6. The van der Waals surface area contributed by atoms with Crippen LogP contribution in [-0.4, -0.2) is 45.4 Å². The zero-order valence-electron chi connectivity index (χ0n) is 10.7. The standard InChI is InChI=1S/C12H9ClF4N2O3/c13-5-1-2-8(20)6(3-5)10(21)19-12(22,11(16)17)4-7(18-19)9(14)15/h1-3,9,11,20,22H,4H2. The number of amides is 1. The number of phenolic OH excluding ortho intramolecular Hbond substituents is 1. The van der Waals surface area contributed by atoms with Crippen molar-refractivity contribution in [2.45, 2.75) is 25.0 Å². The molecule has 120 valence electrons. The van der Waals surface area contributed by atoms with Gasteiger partial charge >= 0.3 is 0 Å². The zero-order valence-corrected chi connectivity index (χ0v) is 11.4. The monoisotopic (exact) mass is 340 g/mol. The van der Waals surface area contributed by atoms with Gasteiger partial charge in [0.05, 0.1) is 5.56 Å². The third kappa shape index (κ3) is 2.73. The SMILES string of the molecule is O=C(c1cc(Cl)ccc1O)N1N=C(C(F)F)CC1(O)C(F)F. The summed E-state index contributed by atoms with van der Waals surface area (Å²) < 4.78 is 51.3. The van der Waals surface area contributed by atoms with Crippen molar-refractivity contribution >= 4 is 23.2 Å². The molecule has 1 aliphatic rings. The summed E-state index contributed by atoms with van der Waals surface area (Å²) >= 11 is 5.63. The van der Waals surface area contributed by atoms with E-state index in [0.29, 0.717) is 0 Å². The quantitative estimate of drug-likeness (QED) is 0.830. The number of hydrogen-bond donors (Lipinski definition) is 2. The predicted octanol–water partition coefficient (Wildman–Crippen LogP) is 2.47. The second-order valence-corrected chi connectivity index (χ2v) is 4.96. The summed E-state index contributed by atoms with van der Waals surface area (Å²) in [5, 5.41) is 22.3. The van der Waals surface area contributed by atoms with Gasteiger partial charge in [-0.1, -0.05) is 11.6 Å². The first kappa shape index (κ1) is 16.5. The van der Waals surface area contributed by atoms with Crippen molar-refractivity contribution in [1.29, 1.82) is 0 Å². The van der Waals surface area contributed by atoms with Crippen LogP contribution in [0.15, 0.2) is 23.3 Å². The molecule has 1 aromatic carbocycles. The fraction of sp³-hybridized carbons (Fsp3) is 0.333. The van der Waals surface area contributed by atoms with E-state index in [1.165, 1.54) is 6.07 Å². The zero-order chi connectivity index (χ0) is 16.7. The van der Waals surface area contributed by atoms with E-state index in [-0.39, 0.29) is 10.0 Å². The molecule has 0 aliphatic carbocycles. The summed E-state index contributed by atoms with van der Waals surface area (Å²) in [6, 6.07) is 3.19. The Morgan fingerprint density at radius 3 is 2.55 bits per heavy atom. The Hall–Kier alpha value is -1.87. The van der Waals surface area contributed by atoms with Gasteiger partial charge in [0.1, 0.15) is 11.5 Å². The summed E-state index contributed by atoms with van der Waals surface area (Å²) in [4.78, 5) is 12.2. The number of phenols is 1. The maximum Gasteiger partial charge on any atom is 0.287 e. The van der Waals surface area contributed by atoms with Gasteiger partial charge in [-0.15, -0.1) is 0 Å². The third-order valence-corrected chi connectivity index (χ3v) is 3.25. The van der Waals surface area contributed by atoms with E-state index in [4.69, 9.17) is 11.6 Å². The molecule has 5 nitrogen and oxygen atoms in total. The van der Waals surface area contributed by atoms with Crippen LogP contribution in [0.3, 0.4) is 0 Å². The largest absolute Gasteiger partial charge is 0.507 e. The summed E-state index contributed by atoms with van der Waals surface area (Å²) in [6.07, 6.45) is -7.95. The van der Waals surface area contributed by atoms with E-state index >= 15 is 0 Å². The molecule has 2 N–H and O–H groups in total. The second kappa shape index (κ2) is 5.73. The summed E-state index contributed by atoms with van der Waals surface area (Å²) in [5.74, 6) is -2.00. The first-order chi connectivity index (χ1) is 10.2. The van der Waals surface area contributed by atoms with E-state index in [9.17, 15) is 32.6 Å². The van der Waals surface area contributed by atoms with Crippen LogP contribution in [0.1, 0.15) is 16.8 Å². The number of aromatic hydroxyl groups is 1. The van der Waals surface area contributed by atoms with Gasteiger partial charge in [-0.3, -0.25) is 4.79 Å². The Kier molecular flexibility index (Phi) is 4.30. The minimum absolute atomic E-state index is 0.000929. The Bertz CT molecular complexity index is 641. The highest BCUT2D eigenvalue weighted by atomic mass is 35.5. The van der Waals surface area contributed by atoms with E-state index < -0.39 is 47.9 Å². The van der Waals surface area contributed by atoms with Crippen LogP contribution < -0.4 is 0 Å². The molecule has 0 bridgehead atoms. The summed E-state index contributed by atoms with van der Waals surface area (Å²) in [7, 11) is 0. The number of carbonyl (C=O) groups excluding carboxylic acids is 1. The lowest BCUT2D eigenvalue weighted by Crippen LogP contribution is -2.51. The van der Waals surface area contributed by atoms with Gasteiger partial charge < -0.3 is 10.2 Å². The van der Waals surface area contributed by atoms with Gasteiger partial charge in [0.2, 0.25) is 5.72 Å². The van der Waals surface area contributed by atoms with Crippen LogP contribution in [0.4, 0.5) is 17.6 Å². The van der Waals surface area contributed by atoms with E-state index in [2.05, 4.69) is 5.10 Å². The molecule has 0 radical (unpaired) electrons. The molecule has 0 spiro atoms. The molecular weight excluding hydrogens is 332 g/mol. The number of alkyl halides is 4. The number of hydrogen-bond acceptors (Lipinski definition) is 4. The highest BCUT2D eigenvalue weighted by Crippen LogP contribution is 2.35. The van der Waals surface area contributed by atoms with Crippen molar-refractivity contribution < 1.29 is 32.6 Å². The summed E-state index contributed by atoms with van der Waals surface area (Å²) in [6.45, 7) is 0. The van der Waals surface area contributed by atoms with Crippen molar-refractivity contribution in [3.05, 3.63) is 28.8 Å². The molecule has 0 fully saturated rings. The Morgan fingerprint density at radius 1 is 1.36 bits per heavy atom. The fourth-order valence-corrected chi connectivity index (χ4v) is 2.07. The molecule has 1 aliphatic heterocycles. The maximum absolute atomic E-state index is 13.0. The Balaban J connectivity index is 2.47. The second-order valence-electron chi connectivity index (χ2n) is 4.53. The molecule has 1 aromatic rings. The number of aliphatic hydroxyl groups is 1. The van der Waals surface area contributed by atoms with E-state index in [0.717, 1.165) is 12.1 Å². The van der Waals surface area contributed by atoms with Crippen LogP contribution in [0.2, 0.25) is 5.02 Å². The van der Waals surface area contributed by atoms with Gasteiger partial charge in [0, 0.05) is 11.4 Å². The number of hydrazone groups is 1. The molecule has 0 saturated carbocycles. The van der Waals surface area contributed by atoms with Gasteiger partial charge in [0.15, 0.2) is 0 Å². The third-order valence-electron chi connectivity index (χ3n) is 3.02. The van der Waals surface area contributed by atoms with Crippen LogP contribution in [0, 0.1) is 0 Å². The maximum atomic E-state index is 13.0. The van der Waals surface area contributed by atoms with Crippen molar-refractivity contribution in [2.75, 3.05) is 0 Å². The highest BCUT2D eigenvalue weighted by molar-refractivity contribution is 6.31. The first-order valence-electron chi connectivity index (χ1n) is 5.86. The fourth-order valence-electron chi connectivity index (χ4n) is 1.90. The highest BCUT2D eigenvalue weighted by Gasteiger charge is 2.53. The van der Waals surface area contributed by atoms with Crippen LogP contribution in [0.5, 0.6) is 5.75 Å². The van der Waals surface area contributed by atoms with Crippen molar-refractivity contribution in [2.24, 2.45) is 5.10 Å². The topological polar surface area (TPSA) is 73.1 Å². The lowest BCUT2D eigenvalue weighted by atomic mass is 10.1. The van der Waals surface area contributed by atoms with Crippen LogP contribution >= 0.6 is 11.6 Å². The van der Waals surface area contributed by atoms with Gasteiger partial charge in [0.25, 0.3) is 18.8 Å². The molecule has 1 heterocycles. The van der Waals surface area contributed by atoms with Crippen molar-refractivity contribution in [3.8, 4) is 5.75 Å². The lowest BCUT2D eigenvalue weighted by molar-refractivity contribution is -0.164. The molecule has 2 rings (SSSR count). The van der Waals surface area contributed by atoms with Crippen LogP contribution in [-0.2, 0) is 0 Å². The molecule has 1 unspecified atom stereocenters. The number of carbonyl (C=O) groups is 1. The minimum atomic E-state index is -3.54. The molecular formula is C12H9ClF4N2O3. The smallest absolute Gasteiger partial charge is 0.287 e. The first-order valence-corrected chi connectivity index (χ1v) is 6.23. The molecule has 0 aromatic heterocycles. The minimum Gasteiger partial charge on any atom is -0.507 e. The molecule has 22 heavy (non-hydrogen) atoms. The number of rotatable bonds is 3. The average molecular weight is 341 g/mol. The molecule has 1 amide bonds. The lowest BCUT2D eigenvalue weighted by Gasteiger charge is -2.30. The molecule has 10 heteroatoms. The van der Waals surface area contributed by atoms with Crippen molar-refractivity contribution in [3.63, 3.8) is 0 Å². The Labute approximate surface area is 126 Å². The number of halogens is 5. The van der Waals surface area contributed by atoms with Gasteiger partial charge in [-0.25, -0.2) is 17.6 Å². The van der Waals surface area contributed by atoms with Crippen molar-refractivity contribution in [1.82, 2.24) is 5.01 Å². The number of benzene rings is 1. The molecule has 1 atom stereocenters. The van der Waals surface area contributed by atoms with E-state index in [1.807, 2.05) is 0 Å². The summed E-state index contributed by atoms with van der Waals surface area (Å²) in [5.41, 5.74) is -4.82. The average Bonchev–Trinajstić information content (AvgIpc) is 2.80. The van der Waals surface area contributed by atoms with Gasteiger partial charge in [-0.2, -0.15) is 10.1 Å². The van der Waals surface area contributed by atoms with Crippen LogP contribution in [0.25, 0.3) is 0 Å². The van der Waals surface area contributed by atoms with E-state index in [1.54, 1.807) is 0 Å². The molecule has 0 saturated heterocycles. The number of nitrogens with zero attached hydrogens (tertiary/aromatic N) is 2. The Morgan fingerprint density at radius 2 is 2.00 bits per heavy atom.